The van der Waals surface area contributed by atoms with Crippen LogP contribution in [0.25, 0.3) is 0 Å². The van der Waals surface area contributed by atoms with Gasteiger partial charge in [0, 0.05) is 44.6 Å². The summed E-state index contributed by atoms with van der Waals surface area (Å²) in [4.78, 5) is 31.5. The van der Waals surface area contributed by atoms with Crippen LogP contribution in [-0.4, -0.2) is 50.2 Å². The molecule has 0 aliphatic carbocycles. The molecule has 3 heterocycles. The number of nitrogens with one attached hydrogen (secondary N) is 1. The fourth-order valence-electron chi connectivity index (χ4n) is 3.73. The quantitative estimate of drug-likeness (QED) is 0.657. The summed E-state index contributed by atoms with van der Waals surface area (Å²) in [5.41, 5.74) is 3.09. The number of hydrogen-bond acceptors (Lipinski definition) is 5. The Labute approximate surface area is 180 Å². The number of fused-ring (bicyclic) bond motifs is 1. The van der Waals surface area contributed by atoms with Crippen molar-refractivity contribution in [3.63, 3.8) is 0 Å². The van der Waals surface area contributed by atoms with Gasteiger partial charge in [-0.1, -0.05) is 12.1 Å². The summed E-state index contributed by atoms with van der Waals surface area (Å²) in [7, 11) is 3.34. The zero-order chi connectivity index (χ0) is 22.1. The molecule has 31 heavy (non-hydrogen) atoms. The molecule has 9 nitrogen and oxygen atoms in total. The first-order chi connectivity index (χ1) is 14.9. The number of imidazole rings is 1. The fourth-order valence-corrected chi connectivity index (χ4v) is 3.73. The van der Waals surface area contributed by atoms with Gasteiger partial charge in [0.1, 0.15) is 11.4 Å². The van der Waals surface area contributed by atoms with Crippen LogP contribution >= 0.6 is 0 Å². The molecule has 0 saturated carbocycles. The molecular formula is C22H26N6O3. The first kappa shape index (κ1) is 20.6. The van der Waals surface area contributed by atoms with E-state index >= 15 is 0 Å². The molecule has 1 aliphatic heterocycles. The van der Waals surface area contributed by atoms with Gasteiger partial charge in [0.05, 0.1) is 18.8 Å². The van der Waals surface area contributed by atoms with Crippen LogP contribution in [-0.2, 0) is 19.6 Å². The van der Waals surface area contributed by atoms with Crippen LogP contribution in [0.5, 0.6) is 5.75 Å². The Bertz CT molecular complexity index is 1110. The minimum Gasteiger partial charge on any atom is -0.497 e. The van der Waals surface area contributed by atoms with E-state index in [9.17, 15) is 9.59 Å². The highest BCUT2D eigenvalue weighted by Crippen LogP contribution is 2.24. The molecule has 2 amide bonds. The van der Waals surface area contributed by atoms with Crippen LogP contribution < -0.4 is 10.1 Å². The maximum Gasteiger partial charge on any atom is 0.287 e. The van der Waals surface area contributed by atoms with Crippen LogP contribution in [0.3, 0.4) is 0 Å². The minimum absolute atomic E-state index is 0.205. The van der Waals surface area contributed by atoms with Gasteiger partial charge in [0.2, 0.25) is 0 Å². The topological polar surface area (TPSA) is 94.3 Å². The summed E-state index contributed by atoms with van der Waals surface area (Å²) < 4.78 is 8.79. The van der Waals surface area contributed by atoms with E-state index in [-0.39, 0.29) is 29.4 Å². The standard InChI is InChI=1S/C22H26N6O3/c1-5-28-11-16(14(2)25-28)10-26(3)22(30)19-13-27-12-18(24-21(29)20(27)23-19)15-6-8-17(31-4)9-7-15/h6-9,11,13,18H,5,10,12H2,1-4H3,(H,24,29). The van der Waals surface area contributed by atoms with Crippen molar-refractivity contribution in [2.75, 3.05) is 14.2 Å². The zero-order valence-electron chi connectivity index (χ0n) is 18.1. The molecular weight excluding hydrogens is 396 g/mol. The average Bonchev–Trinajstić information content (AvgIpc) is 3.37. The molecule has 1 unspecified atom stereocenters. The molecule has 0 fully saturated rings. The van der Waals surface area contributed by atoms with E-state index in [4.69, 9.17) is 4.74 Å². The molecule has 1 atom stereocenters. The third kappa shape index (κ3) is 4.03. The summed E-state index contributed by atoms with van der Waals surface area (Å²) in [6.07, 6.45) is 3.61. The average molecular weight is 422 g/mol. The third-order valence-electron chi connectivity index (χ3n) is 5.53. The number of hydrogen-bond donors (Lipinski definition) is 1. The maximum atomic E-state index is 13.0. The number of aromatic nitrogens is 4. The van der Waals surface area contributed by atoms with Gasteiger partial charge in [-0.05, 0) is 31.5 Å². The van der Waals surface area contributed by atoms with Crippen LogP contribution in [0, 0.1) is 6.92 Å². The maximum absolute atomic E-state index is 13.0. The van der Waals surface area contributed by atoms with E-state index in [2.05, 4.69) is 15.4 Å². The van der Waals surface area contributed by atoms with Gasteiger partial charge in [-0.15, -0.1) is 0 Å². The lowest BCUT2D eigenvalue weighted by atomic mass is 10.1. The van der Waals surface area contributed by atoms with E-state index in [1.165, 1.54) is 0 Å². The molecule has 0 saturated heterocycles. The lowest BCUT2D eigenvalue weighted by molar-refractivity contribution is 0.0779. The van der Waals surface area contributed by atoms with Gasteiger partial charge in [-0.3, -0.25) is 14.3 Å². The van der Waals surface area contributed by atoms with E-state index in [1.807, 2.05) is 49.0 Å². The molecule has 0 spiro atoms. The van der Waals surface area contributed by atoms with Gasteiger partial charge >= 0.3 is 0 Å². The summed E-state index contributed by atoms with van der Waals surface area (Å²) in [6.45, 7) is 5.65. The number of rotatable bonds is 6. The van der Waals surface area contributed by atoms with Crippen molar-refractivity contribution in [1.82, 2.24) is 29.5 Å². The first-order valence-electron chi connectivity index (χ1n) is 10.2. The second-order valence-corrected chi connectivity index (χ2v) is 7.66. The van der Waals surface area contributed by atoms with Crippen molar-refractivity contribution < 1.29 is 14.3 Å². The monoisotopic (exact) mass is 422 g/mol. The lowest BCUT2D eigenvalue weighted by Crippen LogP contribution is -2.38. The smallest absolute Gasteiger partial charge is 0.287 e. The van der Waals surface area contributed by atoms with Gasteiger partial charge in [0.15, 0.2) is 5.82 Å². The molecule has 0 bridgehead atoms. The highest BCUT2D eigenvalue weighted by molar-refractivity contribution is 5.96. The molecule has 0 radical (unpaired) electrons. The highest BCUT2D eigenvalue weighted by atomic mass is 16.5. The summed E-state index contributed by atoms with van der Waals surface area (Å²) in [5, 5.41) is 7.39. The van der Waals surface area contributed by atoms with Crippen molar-refractivity contribution in [2.45, 2.75) is 39.5 Å². The molecule has 1 N–H and O–H groups in total. The normalized spacial score (nSPS) is 15.4. The van der Waals surface area contributed by atoms with E-state index in [0.717, 1.165) is 29.1 Å². The van der Waals surface area contributed by atoms with Crippen LogP contribution in [0.15, 0.2) is 36.7 Å². The van der Waals surface area contributed by atoms with Crippen LogP contribution in [0.1, 0.15) is 50.9 Å². The Hall–Kier alpha value is -3.62. The molecule has 4 rings (SSSR count). The summed E-state index contributed by atoms with van der Waals surface area (Å²) in [5.74, 6) is 0.467. The highest BCUT2D eigenvalue weighted by Gasteiger charge is 2.29. The van der Waals surface area contributed by atoms with Crippen LogP contribution in [0.2, 0.25) is 0 Å². The fraction of sp³-hybridized carbons (Fsp3) is 0.364. The first-order valence-corrected chi connectivity index (χ1v) is 10.2. The number of ether oxygens (including phenoxy) is 1. The van der Waals surface area contributed by atoms with Gasteiger partial charge < -0.3 is 19.5 Å². The largest absolute Gasteiger partial charge is 0.497 e. The van der Waals surface area contributed by atoms with Gasteiger partial charge in [0.25, 0.3) is 11.8 Å². The SMILES string of the molecule is CCn1cc(CN(C)C(=O)c2cn3c(n2)C(=O)NC(c2ccc(OC)cc2)C3)c(C)n1. The van der Waals surface area contributed by atoms with Crippen molar-refractivity contribution in [1.29, 1.82) is 0 Å². The number of amides is 2. The Kier molecular flexibility index (Phi) is 5.50. The number of aryl methyl sites for hydroxylation is 2. The number of nitrogens with zero attached hydrogens (tertiary/aromatic N) is 5. The third-order valence-corrected chi connectivity index (χ3v) is 5.53. The van der Waals surface area contributed by atoms with Crippen LogP contribution in [0.4, 0.5) is 0 Å². The number of methoxy groups -OCH3 is 1. The second-order valence-electron chi connectivity index (χ2n) is 7.66. The molecule has 9 heteroatoms. The molecule has 1 aliphatic rings. The Morgan fingerprint density at radius 2 is 2.03 bits per heavy atom. The Balaban J connectivity index is 1.51. The van der Waals surface area contributed by atoms with Crippen molar-refractivity contribution in [3.05, 3.63) is 65.0 Å². The molecule has 2 aromatic heterocycles. The lowest BCUT2D eigenvalue weighted by Gasteiger charge is -2.25. The second kappa shape index (κ2) is 8.25. The van der Waals surface area contributed by atoms with Crippen molar-refractivity contribution >= 4 is 11.8 Å². The summed E-state index contributed by atoms with van der Waals surface area (Å²) >= 11 is 0. The molecule has 1 aromatic carbocycles. The van der Waals surface area contributed by atoms with E-state index in [0.29, 0.717) is 13.1 Å². The Morgan fingerprint density at radius 3 is 2.68 bits per heavy atom. The number of carbonyl (C=O) groups is 2. The van der Waals surface area contributed by atoms with Gasteiger partial charge in [-0.25, -0.2) is 4.98 Å². The predicted molar refractivity (Wildman–Crippen MR) is 114 cm³/mol. The van der Waals surface area contributed by atoms with Crippen molar-refractivity contribution in [3.8, 4) is 5.75 Å². The van der Waals surface area contributed by atoms with Gasteiger partial charge in [-0.2, -0.15) is 5.10 Å². The predicted octanol–water partition coefficient (Wildman–Crippen LogP) is 2.17. The zero-order valence-corrected chi connectivity index (χ0v) is 18.1. The number of carbonyl (C=O) groups excluding carboxylic acids is 2. The van der Waals surface area contributed by atoms with E-state index in [1.54, 1.807) is 29.8 Å². The number of benzene rings is 1. The Morgan fingerprint density at radius 1 is 1.29 bits per heavy atom. The molecule has 162 valence electrons. The minimum atomic E-state index is -0.297. The van der Waals surface area contributed by atoms with E-state index < -0.39 is 0 Å². The van der Waals surface area contributed by atoms with Crippen molar-refractivity contribution in [2.24, 2.45) is 0 Å². The molecule has 3 aromatic rings. The summed E-state index contributed by atoms with van der Waals surface area (Å²) in [6, 6.07) is 7.35.